The number of benzene rings is 1. The van der Waals surface area contributed by atoms with Gasteiger partial charge in [-0.1, -0.05) is 38.1 Å². The lowest BCUT2D eigenvalue weighted by atomic mass is 9.73. The molecule has 6 heteroatoms. The van der Waals surface area contributed by atoms with Gasteiger partial charge in [0.1, 0.15) is 5.60 Å². The molecule has 0 saturated carbocycles. The maximum atomic E-state index is 12.1. The SMILES string of the molecule is CC[C@@](C)(CNC(=O)OC(C)(C)C)c1cccc(B2OC(C)(C)C(C)(C)O2)c1. The van der Waals surface area contributed by atoms with Gasteiger partial charge in [0.05, 0.1) is 11.2 Å². The Bertz CT molecular complexity index is 695. The fourth-order valence-electron chi connectivity index (χ4n) is 3.05. The molecule has 0 aliphatic carbocycles. The van der Waals surface area contributed by atoms with Crippen LogP contribution < -0.4 is 10.8 Å². The Balaban J connectivity index is 2.17. The lowest BCUT2D eigenvalue weighted by molar-refractivity contribution is 0.00578. The highest BCUT2D eigenvalue weighted by molar-refractivity contribution is 6.62. The molecule has 1 N–H and O–H groups in total. The zero-order valence-electron chi connectivity index (χ0n) is 18.9. The van der Waals surface area contributed by atoms with Crippen molar-refractivity contribution in [1.82, 2.24) is 5.32 Å². The van der Waals surface area contributed by atoms with E-state index in [9.17, 15) is 4.79 Å². The van der Waals surface area contributed by atoms with Crippen LogP contribution in [0.25, 0.3) is 0 Å². The average Bonchev–Trinajstić information content (AvgIpc) is 2.79. The Morgan fingerprint density at radius 2 is 1.68 bits per heavy atom. The van der Waals surface area contributed by atoms with Gasteiger partial charge in [-0.05, 0) is 65.9 Å². The Kier molecular flexibility index (Phi) is 6.27. The predicted octanol–water partition coefficient (Wildman–Crippen LogP) is 4.18. The van der Waals surface area contributed by atoms with Gasteiger partial charge in [-0.25, -0.2) is 4.79 Å². The normalized spacial score (nSPS) is 20.5. The fraction of sp³-hybridized carbons (Fsp3) is 0.682. The molecule has 1 saturated heterocycles. The van der Waals surface area contributed by atoms with Gasteiger partial charge in [-0.3, -0.25) is 0 Å². The Morgan fingerprint density at radius 3 is 2.18 bits per heavy atom. The highest BCUT2D eigenvalue weighted by Gasteiger charge is 2.51. The first-order chi connectivity index (χ1) is 12.7. The summed E-state index contributed by atoms with van der Waals surface area (Å²) in [4.78, 5) is 12.1. The zero-order valence-corrected chi connectivity index (χ0v) is 18.9. The molecular weight excluding hydrogens is 353 g/mol. The number of rotatable bonds is 5. The largest absolute Gasteiger partial charge is 0.494 e. The molecule has 0 unspecified atom stereocenters. The van der Waals surface area contributed by atoms with Crippen molar-refractivity contribution in [2.45, 2.75) is 91.0 Å². The fourth-order valence-corrected chi connectivity index (χ4v) is 3.05. The maximum Gasteiger partial charge on any atom is 0.494 e. The summed E-state index contributed by atoms with van der Waals surface area (Å²) in [5.41, 5.74) is 0.645. The average molecular weight is 389 g/mol. The molecule has 1 aliphatic heterocycles. The van der Waals surface area contributed by atoms with Crippen LogP contribution in [0.4, 0.5) is 4.79 Å². The first-order valence-corrected chi connectivity index (χ1v) is 10.1. The van der Waals surface area contributed by atoms with Gasteiger partial charge in [0.25, 0.3) is 0 Å². The third-order valence-electron chi connectivity index (χ3n) is 5.91. The minimum atomic E-state index is -0.511. The van der Waals surface area contributed by atoms with Crippen molar-refractivity contribution < 1.29 is 18.8 Å². The molecule has 5 nitrogen and oxygen atoms in total. The first kappa shape index (κ1) is 22.8. The van der Waals surface area contributed by atoms with E-state index >= 15 is 0 Å². The van der Waals surface area contributed by atoms with Crippen LogP contribution in [0.15, 0.2) is 24.3 Å². The van der Waals surface area contributed by atoms with Gasteiger partial charge in [0.2, 0.25) is 0 Å². The highest BCUT2D eigenvalue weighted by Crippen LogP contribution is 2.37. The summed E-state index contributed by atoms with van der Waals surface area (Å²) in [6.45, 7) is 18.6. The van der Waals surface area contributed by atoms with E-state index in [1.165, 1.54) is 0 Å². The van der Waals surface area contributed by atoms with E-state index in [0.717, 1.165) is 17.4 Å². The summed E-state index contributed by atoms with van der Waals surface area (Å²) in [6.07, 6.45) is 0.476. The minimum Gasteiger partial charge on any atom is -0.444 e. The van der Waals surface area contributed by atoms with Crippen molar-refractivity contribution in [3.05, 3.63) is 29.8 Å². The van der Waals surface area contributed by atoms with Gasteiger partial charge in [0.15, 0.2) is 0 Å². The van der Waals surface area contributed by atoms with Crippen molar-refractivity contribution in [1.29, 1.82) is 0 Å². The molecule has 0 radical (unpaired) electrons. The lowest BCUT2D eigenvalue weighted by Gasteiger charge is -2.32. The van der Waals surface area contributed by atoms with E-state index < -0.39 is 18.8 Å². The van der Waals surface area contributed by atoms with E-state index in [0.29, 0.717) is 6.54 Å². The number of hydrogen-bond donors (Lipinski definition) is 1. The van der Waals surface area contributed by atoms with Gasteiger partial charge < -0.3 is 19.4 Å². The number of hydrogen-bond acceptors (Lipinski definition) is 4. The van der Waals surface area contributed by atoms with Crippen LogP contribution in [-0.4, -0.2) is 36.6 Å². The summed E-state index contributed by atoms with van der Waals surface area (Å²) >= 11 is 0. The monoisotopic (exact) mass is 389 g/mol. The Morgan fingerprint density at radius 1 is 1.11 bits per heavy atom. The molecule has 28 heavy (non-hydrogen) atoms. The molecule has 1 aromatic rings. The molecule has 0 aromatic heterocycles. The standard InChI is InChI=1S/C22H36BNO4/c1-10-22(9,15-24-18(25)26-19(2,3)4)16-12-11-13-17(14-16)23-27-20(5,6)21(7,8)28-23/h11-14H,10,15H2,1-9H3,(H,24,25)/t22-/m0/s1. The molecule has 156 valence electrons. The smallest absolute Gasteiger partial charge is 0.444 e. The van der Waals surface area contributed by atoms with Crippen molar-refractivity contribution >= 4 is 18.7 Å². The molecule has 1 amide bonds. The third kappa shape index (κ3) is 5.09. The summed E-state index contributed by atoms with van der Waals surface area (Å²) in [5, 5.41) is 2.92. The number of amides is 1. The van der Waals surface area contributed by atoms with Gasteiger partial charge in [0, 0.05) is 12.0 Å². The molecule has 0 spiro atoms. The van der Waals surface area contributed by atoms with E-state index in [-0.39, 0.29) is 16.6 Å². The molecule has 1 fully saturated rings. The van der Waals surface area contributed by atoms with Crippen LogP contribution in [0.3, 0.4) is 0 Å². The van der Waals surface area contributed by atoms with Gasteiger partial charge in [-0.2, -0.15) is 0 Å². The van der Waals surface area contributed by atoms with Crippen LogP contribution in [0.2, 0.25) is 0 Å². The first-order valence-electron chi connectivity index (χ1n) is 10.1. The lowest BCUT2D eigenvalue weighted by Crippen LogP contribution is -2.42. The van der Waals surface area contributed by atoms with Crippen LogP contribution in [-0.2, 0) is 19.5 Å². The summed E-state index contributed by atoms with van der Waals surface area (Å²) < 4.78 is 17.8. The molecule has 1 atom stereocenters. The number of ether oxygens (including phenoxy) is 1. The van der Waals surface area contributed by atoms with Crippen molar-refractivity contribution in [3.8, 4) is 0 Å². The Hall–Kier alpha value is -1.53. The van der Waals surface area contributed by atoms with Gasteiger partial charge in [-0.15, -0.1) is 0 Å². The second-order valence-electron chi connectivity index (χ2n) is 9.98. The minimum absolute atomic E-state index is 0.226. The quantitative estimate of drug-likeness (QED) is 0.768. The summed E-state index contributed by atoms with van der Waals surface area (Å²) in [5.74, 6) is 0. The summed E-state index contributed by atoms with van der Waals surface area (Å²) in [7, 11) is -0.398. The topological polar surface area (TPSA) is 56.8 Å². The second kappa shape index (κ2) is 7.71. The zero-order chi connectivity index (χ0) is 21.4. The maximum absolute atomic E-state index is 12.1. The molecular formula is C22H36BNO4. The molecule has 2 rings (SSSR count). The van der Waals surface area contributed by atoms with E-state index in [2.05, 4.69) is 59.0 Å². The van der Waals surface area contributed by atoms with Crippen LogP contribution in [0.5, 0.6) is 0 Å². The van der Waals surface area contributed by atoms with Crippen molar-refractivity contribution in [2.75, 3.05) is 6.54 Å². The third-order valence-corrected chi connectivity index (χ3v) is 5.91. The number of nitrogens with one attached hydrogen (secondary N) is 1. The molecule has 1 heterocycles. The van der Waals surface area contributed by atoms with E-state index in [1.54, 1.807) is 0 Å². The number of alkyl carbamates (subject to hydrolysis) is 1. The molecule has 1 aromatic carbocycles. The van der Waals surface area contributed by atoms with Crippen LogP contribution in [0.1, 0.15) is 74.3 Å². The highest BCUT2D eigenvalue weighted by atomic mass is 16.7. The van der Waals surface area contributed by atoms with Crippen LogP contribution in [0, 0.1) is 0 Å². The molecule has 0 bridgehead atoms. The second-order valence-corrected chi connectivity index (χ2v) is 9.98. The number of carbonyl (C=O) groups excluding carboxylic acids is 1. The van der Waals surface area contributed by atoms with Crippen molar-refractivity contribution in [2.24, 2.45) is 0 Å². The molecule has 1 aliphatic rings. The van der Waals surface area contributed by atoms with E-state index in [4.69, 9.17) is 14.0 Å². The Labute approximate surface area is 170 Å². The van der Waals surface area contributed by atoms with Gasteiger partial charge >= 0.3 is 13.2 Å². The summed E-state index contributed by atoms with van der Waals surface area (Å²) in [6, 6.07) is 8.28. The van der Waals surface area contributed by atoms with Crippen molar-refractivity contribution in [3.63, 3.8) is 0 Å². The van der Waals surface area contributed by atoms with Crippen LogP contribution >= 0.6 is 0 Å². The number of carbonyl (C=O) groups is 1. The predicted molar refractivity (Wildman–Crippen MR) is 114 cm³/mol. The van der Waals surface area contributed by atoms with E-state index in [1.807, 2.05) is 32.9 Å².